The van der Waals surface area contributed by atoms with Crippen molar-refractivity contribution in [2.24, 2.45) is 4.99 Å². The third kappa shape index (κ3) is 8.19. The third-order valence-corrected chi connectivity index (χ3v) is 4.16. The van der Waals surface area contributed by atoms with Crippen LogP contribution in [-0.2, 0) is 4.79 Å². The highest BCUT2D eigenvalue weighted by Gasteiger charge is 2.12. The van der Waals surface area contributed by atoms with Gasteiger partial charge in [0.2, 0.25) is 5.91 Å². The van der Waals surface area contributed by atoms with Crippen molar-refractivity contribution in [1.82, 2.24) is 9.97 Å². The van der Waals surface area contributed by atoms with Gasteiger partial charge in [-0.25, -0.2) is 4.99 Å². The molecule has 2 aromatic rings. The number of carbonyl (C=O) groups excluding carboxylic acids is 1. The van der Waals surface area contributed by atoms with Crippen LogP contribution in [0.1, 0.15) is 76.1 Å². The number of unbranched alkanes of at least 4 members (excludes halogenated alkanes) is 6. The van der Waals surface area contributed by atoms with E-state index in [9.17, 15) is 4.79 Å². The zero-order valence-electron chi connectivity index (χ0n) is 16.6. The van der Waals surface area contributed by atoms with Gasteiger partial charge in [0.1, 0.15) is 12.5 Å². The molecule has 0 fully saturated rings. The van der Waals surface area contributed by atoms with E-state index in [1.54, 1.807) is 13.2 Å². The monoisotopic (exact) mass is 374 g/mol. The van der Waals surface area contributed by atoms with Gasteiger partial charge in [-0.3, -0.25) is 10.1 Å². The van der Waals surface area contributed by atoms with E-state index >= 15 is 0 Å². The fourth-order valence-electron chi connectivity index (χ4n) is 2.76. The van der Waals surface area contributed by atoms with Gasteiger partial charge in [-0.15, -0.1) is 0 Å². The van der Waals surface area contributed by atoms with Crippen LogP contribution in [-0.4, -0.2) is 21.6 Å². The van der Waals surface area contributed by atoms with Gasteiger partial charge in [0.15, 0.2) is 0 Å². The van der Waals surface area contributed by atoms with Gasteiger partial charge >= 0.3 is 12.0 Å². The predicted octanol–water partition coefficient (Wildman–Crippen LogP) is 5.52. The number of carbonyl (C=O) groups is 1. The number of aromatic nitrogens is 2. The van der Waals surface area contributed by atoms with E-state index in [1.807, 2.05) is 6.92 Å². The molecule has 0 saturated carbocycles. The molecule has 2 heterocycles. The maximum atomic E-state index is 12.3. The zero-order chi connectivity index (χ0) is 19.5. The molecule has 1 N–H and O–H groups in total. The van der Waals surface area contributed by atoms with E-state index in [4.69, 9.17) is 8.83 Å². The predicted molar refractivity (Wildman–Crippen MR) is 105 cm³/mol. The number of hydrogen-bond donors (Lipinski definition) is 1. The number of hydrogen-bond acceptors (Lipinski definition) is 6. The van der Waals surface area contributed by atoms with Gasteiger partial charge in [0, 0.05) is 5.71 Å². The molecule has 7 nitrogen and oxygen atoms in total. The van der Waals surface area contributed by atoms with E-state index in [1.165, 1.54) is 38.4 Å². The van der Waals surface area contributed by atoms with E-state index in [-0.39, 0.29) is 18.3 Å². The van der Waals surface area contributed by atoms with Gasteiger partial charge in [0.25, 0.3) is 0 Å². The number of amides is 1. The lowest BCUT2D eigenvalue weighted by Crippen LogP contribution is -2.16. The minimum Gasteiger partial charge on any atom is -0.432 e. The van der Waals surface area contributed by atoms with Gasteiger partial charge in [-0.05, 0) is 26.7 Å². The summed E-state index contributed by atoms with van der Waals surface area (Å²) in [5.41, 5.74) is 2.24. The number of nitrogens with zero attached hydrogens (tertiary/aromatic N) is 3. The number of rotatable bonds is 12. The van der Waals surface area contributed by atoms with Gasteiger partial charge in [-0.1, -0.05) is 45.4 Å². The Labute approximate surface area is 160 Å². The first-order chi connectivity index (χ1) is 13.1. The Hall–Kier alpha value is -2.44. The summed E-state index contributed by atoms with van der Waals surface area (Å²) < 4.78 is 10.5. The summed E-state index contributed by atoms with van der Waals surface area (Å²) in [5.74, 6) is -0.207. The fourth-order valence-corrected chi connectivity index (χ4v) is 2.76. The summed E-state index contributed by atoms with van der Waals surface area (Å²) in [6.45, 7) is 5.87. The quantitative estimate of drug-likeness (QED) is 0.390. The van der Waals surface area contributed by atoms with Crippen LogP contribution in [0.5, 0.6) is 0 Å². The lowest BCUT2D eigenvalue weighted by molar-refractivity contribution is -0.115. The first-order valence-electron chi connectivity index (χ1n) is 9.77. The smallest absolute Gasteiger partial charge is 0.321 e. The van der Waals surface area contributed by atoms with E-state index in [0.29, 0.717) is 6.01 Å². The summed E-state index contributed by atoms with van der Waals surface area (Å²) >= 11 is 0. The molecule has 0 aromatic carbocycles. The minimum absolute atomic E-state index is 0.165. The van der Waals surface area contributed by atoms with Crippen molar-refractivity contribution in [2.45, 2.75) is 78.6 Å². The lowest BCUT2D eigenvalue weighted by atomic mass is 10.1. The van der Waals surface area contributed by atoms with Crippen LogP contribution in [0, 0.1) is 13.8 Å². The normalized spacial score (nSPS) is 11.7. The molecule has 2 aromatic heterocycles. The van der Waals surface area contributed by atoms with Crippen molar-refractivity contribution in [3.8, 4) is 0 Å². The number of oxazole rings is 2. The second-order valence-corrected chi connectivity index (χ2v) is 6.84. The van der Waals surface area contributed by atoms with E-state index in [2.05, 4.69) is 27.2 Å². The molecule has 0 aliphatic carbocycles. The van der Waals surface area contributed by atoms with Gasteiger partial charge < -0.3 is 8.83 Å². The molecule has 0 atom stereocenters. The maximum absolute atomic E-state index is 12.3. The average molecular weight is 374 g/mol. The lowest BCUT2D eigenvalue weighted by Gasteiger charge is -2.06. The number of aryl methyl sites for hydroxylation is 2. The highest BCUT2D eigenvalue weighted by Crippen LogP contribution is 2.16. The Bertz CT molecular complexity index is 733. The second kappa shape index (κ2) is 11.3. The van der Waals surface area contributed by atoms with E-state index in [0.717, 1.165) is 36.4 Å². The summed E-state index contributed by atoms with van der Waals surface area (Å²) in [6, 6.07) is 0.505. The molecule has 27 heavy (non-hydrogen) atoms. The fraction of sp³-hybridized carbons (Fsp3) is 0.600. The van der Waals surface area contributed by atoms with Crippen molar-refractivity contribution >= 4 is 23.6 Å². The standard InChI is InChI=1S/C20H30N4O3/c1-4-5-6-7-8-9-10-11-17(23-19-21-15(2)13-26-19)12-18(25)24-20-22-16(3)14-27-20/h13-14H,4-12H2,1-3H3,(H,22,24,25). The Morgan fingerprint density at radius 1 is 1.00 bits per heavy atom. The first-order valence-corrected chi connectivity index (χ1v) is 9.77. The molecule has 0 spiro atoms. The molecule has 0 aliphatic heterocycles. The molecule has 0 aliphatic rings. The Morgan fingerprint density at radius 3 is 2.30 bits per heavy atom. The molecule has 0 radical (unpaired) electrons. The number of anilines is 1. The van der Waals surface area contributed by atoms with Gasteiger partial charge in [-0.2, -0.15) is 9.97 Å². The SMILES string of the molecule is CCCCCCCCCC(CC(=O)Nc1nc(C)co1)=Nc1nc(C)co1. The van der Waals surface area contributed by atoms with Crippen LogP contribution in [0.15, 0.2) is 26.4 Å². The van der Waals surface area contributed by atoms with Crippen LogP contribution in [0.3, 0.4) is 0 Å². The maximum Gasteiger partial charge on any atom is 0.321 e. The summed E-state index contributed by atoms with van der Waals surface area (Å²) in [6.07, 6.45) is 12.4. The average Bonchev–Trinajstić information content (AvgIpc) is 3.21. The third-order valence-electron chi connectivity index (χ3n) is 4.16. The van der Waals surface area contributed by atoms with Crippen molar-refractivity contribution in [2.75, 3.05) is 5.32 Å². The molecule has 0 bridgehead atoms. The molecule has 7 heteroatoms. The van der Waals surface area contributed by atoms with Crippen LogP contribution in [0.25, 0.3) is 0 Å². The number of nitrogens with one attached hydrogen (secondary N) is 1. The summed E-state index contributed by atoms with van der Waals surface area (Å²) in [5, 5.41) is 2.66. The minimum atomic E-state index is -0.207. The van der Waals surface area contributed by atoms with Crippen molar-refractivity contribution < 1.29 is 13.6 Å². The largest absolute Gasteiger partial charge is 0.432 e. The molecule has 0 unspecified atom stereocenters. The van der Waals surface area contributed by atoms with Gasteiger partial charge in [0.05, 0.1) is 17.8 Å². The molecule has 148 valence electrons. The molecular weight excluding hydrogens is 344 g/mol. The topological polar surface area (TPSA) is 93.5 Å². The van der Waals surface area contributed by atoms with E-state index < -0.39 is 0 Å². The van der Waals surface area contributed by atoms with Crippen LogP contribution in [0.4, 0.5) is 12.0 Å². The Morgan fingerprint density at radius 2 is 1.67 bits per heavy atom. The number of aliphatic imine (C=N–C) groups is 1. The van der Waals surface area contributed by atoms with Crippen LogP contribution >= 0.6 is 0 Å². The molecule has 1 amide bonds. The molecular formula is C20H30N4O3. The van der Waals surface area contributed by atoms with Crippen molar-refractivity contribution in [3.63, 3.8) is 0 Å². The van der Waals surface area contributed by atoms with Crippen molar-refractivity contribution in [3.05, 3.63) is 23.9 Å². The zero-order valence-corrected chi connectivity index (χ0v) is 16.6. The van der Waals surface area contributed by atoms with Crippen LogP contribution in [0.2, 0.25) is 0 Å². The summed E-state index contributed by atoms with van der Waals surface area (Å²) in [4.78, 5) is 25.0. The Kier molecular flexibility index (Phi) is 8.74. The summed E-state index contributed by atoms with van der Waals surface area (Å²) in [7, 11) is 0. The first kappa shape index (κ1) is 20.9. The second-order valence-electron chi connectivity index (χ2n) is 6.84. The molecule has 2 rings (SSSR count). The van der Waals surface area contributed by atoms with Crippen molar-refractivity contribution in [1.29, 1.82) is 0 Å². The Balaban J connectivity index is 1.87. The molecule has 0 saturated heterocycles. The van der Waals surface area contributed by atoms with Crippen LogP contribution < -0.4 is 5.32 Å². The highest BCUT2D eigenvalue weighted by molar-refractivity contribution is 6.06. The highest BCUT2D eigenvalue weighted by atomic mass is 16.4.